The van der Waals surface area contributed by atoms with Crippen LogP contribution in [0.25, 0.3) is 0 Å². The third kappa shape index (κ3) is 8.58. The zero-order chi connectivity index (χ0) is 12.3. The molecule has 0 amide bonds. The molecule has 1 aliphatic carbocycles. The van der Waals surface area contributed by atoms with Crippen LogP contribution in [0.5, 0.6) is 0 Å². The van der Waals surface area contributed by atoms with Gasteiger partial charge in [-0.2, -0.15) is 0 Å². The monoisotopic (exact) mass is 242 g/mol. The molecule has 3 heteroatoms. The maximum absolute atomic E-state index is 5.31. The first-order chi connectivity index (χ1) is 8.36. The molecule has 1 N–H and O–H groups in total. The molecule has 102 valence electrons. The van der Waals surface area contributed by atoms with Crippen LogP contribution in [0.2, 0.25) is 0 Å². The van der Waals surface area contributed by atoms with Gasteiger partial charge in [-0.15, -0.1) is 0 Å². The second kappa shape index (κ2) is 9.86. The van der Waals surface area contributed by atoms with Gasteiger partial charge in [0.25, 0.3) is 0 Å². The standard InChI is InChI=1S/C14H30N2O/c1-3-16(13-14-7-8-14)11-10-15-9-5-6-12-17-4-2/h14-15H,3-13H2,1-2H3. The minimum atomic E-state index is 0.847. The SMILES string of the molecule is CCOCCCCNCCN(CC)CC1CC1. The van der Waals surface area contributed by atoms with Gasteiger partial charge in [0.2, 0.25) is 0 Å². The van der Waals surface area contributed by atoms with E-state index in [0.29, 0.717) is 0 Å². The van der Waals surface area contributed by atoms with Gasteiger partial charge < -0.3 is 15.0 Å². The van der Waals surface area contributed by atoms with Crippen molar-refractivity contribution in [1.82, 2.24) is 10.2 Å². The smallest absolute Gasteiger partial charge is 0.0466 e. The van der Waals surface area contributed by atoms with Gasteiger partial charge in [-0.05, 0) is 51.6 Å². The molecule has 0 saturated heterocycles. The zero-order valence-electron chi connectivity index (χ0n) is 11.7. The third-order valence-corrected chi connectivity index (χ3v) is 3.36. The lowest BCUT2D eigenvalue weighted by Gasteiger charge is -2.20. The number of hydrogen-bond acceptors (Lipinski definition) is 3. The van der Waals surface area contributed by atoms with E-state index in [1.165, 1.54) is 45.3 Å². The molecule has 0 aromatic carbocycles. The van der Waals surface area contributed by atoms with Gasteiger partial charge in [0, 0.05) is 32.8 Å². The van der Waals surface area contributed by atoms with E-state index >= 15 is 0 Å². The van der Waals surface area contributed by atoms with Crippen molar-refractivity contribution >= 4 is 0 Å². The molecule has 1 aliphatic rings. The Kier molecular flexibility index (Phi) is 8.67. The molecular formula is C14H30N2O. The Morgan fingerprint density at radius 3 is 2.65 bits per heavy atom. The minimum absolute atomic E-state index is 0.847. The first-order valence-corrected chi connectivity index (χ1v) is 7.37. The predicted molar refractivity (Wildman–Crippen MR) is 73.4 cm³/mol. The summed E-state index contributed by atoms with van der Waals surface area (Å²) in [5, 5.41) is 3.52. The second-order valence-electron chi connectivity index (χ2n) is 4.99. The normalized spacial score (nSPS) is 15.7. The van der Waals surface area contributed by atoms with Crippen LogP contribution >= 0.6 is 0 Å². The Balaban J connectivity index is 1.81. The predicted octanol–water partition coefficient (Wildman–Crippen LogP) is 2.12. The highest BCUT2D eigenvalue weighted by molar-refractivity contribution is 4.77. The van der Waals surface area contributed by atoms with E-state index in [2.05, 4.69) is 24.1 Å². The number of nitrogens with one attached hydrogen (secondary N) is 1. The first-order valence-electron chi connectivity index (χ1n) is 7.37. The molecule has 3 nitrogen and oxygen atoms in total. The summed E-state index contributed by atoms with van der Waals surface area (Å²) >= 11 is 0. The van der Waals surface area contributed by atoms with Crippen LogP contribution in [-0.4, -0.2) is 50.8 Å². The van der Waals surface area contributed by atoms with Gasteiger partial charge in [0.05, 0.1) is 0 Å². The maximum atomic E-state index is 5.31. The molecule has 0 heterocycles. The lowest BCUT2D eigenvalue weighted by molar-refractivity contribution is 0.143. The van der Waals surface area contributed by atoms with Gasteiger partial charge in [-0.1, -0.05) is 6.92 Å². The topological polar surface area (TPSA) is 24.5 Å². The van der Waals surface area contributed by atoms with Crippen molar-refractivity contribution in [2.45, 2.75) is 39.5 Å². The fourth-order valence-electron chi connectivity index (χ4n) is 2.00. The van der Waals surface area contributed by atoms with Gasteiger partial charge in [0.15, 0.2) is 0 Å². The molecule has 0 aromatic heterocycles. The Morgan fingerprint density at radius 1 is 1.18 bits per heavy atom. The largest absolute Gasteiger partial charge is 0.382 e. The van der Waals surface area contributed by atoms with Crippen LogP contribution in [0.1, 0.15) is 39.5 Å². The molecule has 0 radical (unpaired) electrons. The quantitative estimate of drug-likeness (QED) is 0.531. The summed E-state index contributed by atoms with van der Waals surface area (Å²) in [5.41, 5.74) is 0. The fourth-order valence-corrected chi connectivity index (χ4v) is 2.00. The summed E-state index contributed by atoms with van der Waals surface area (Å²) in [4.78, 5) is 2.57. The van der Waals surface area contributed by atoms with Crippen molar-refractivity contribution in [1.29, 1.82) is 0 Å². The van der Waals surface area contributed by atoms with Crippen molar-refractivity contribution in [3.05, 3.63) is 0 Å². The lowest BCUT2D eigenvalue weighted by atomic mass is 10.3. The average Bonchev–Trinajstić information content (AvgIpc) is 3.15. The summed E-state index contributed by atoms with van der Waals surface area (Å²) in [6, 6.07) is 0. The number of likely N-dealkylation sites (N-methyl/N-ethyl adjacent to an activating group) is 1. The van der Waals surface area contributed by atoms with Crippen LogP contribution in [-0.2, 0) is 4.74 Å². The number of nitrogens with zero attached hydrogens (tertiary/aromatic N) is 1. The molecule has 0 aliphatic heterocycles. The van der Waals surface area contributed by atoms with Gasteiger partial charge >= 0.3 is 0 Å². The lowest BCUT2D eigenvalue weighted by Crippen LogP contribution is -2.33. The van der Waals surface area contributed by atoms with Crippen molar-refractivity contribution in [2.24, 2.45) is 5.92 Å². The fraction of sp³-hybridized carbons (Fsp3) is 1.00. The van der Waals surface area contributed by atoms with E-state index in [1.54, 1.807) is 0 Å². The number of hydrogen-bond donors (Lipinski definition) is 1. The molecule has 1 saturated carbocycles. The van der Waals surface area contributed by atoms with Crippen LogP contribution < -0.4 is 5.32 Å². The van der Waals surface area contributed by atoms with E-state index in [0.717, 1.165) is 32.2 Å². The number of ether oxygens (including phenoxy) is 1. The summed E-state index contributed by atoms with van der Waals surface area (Å²) in [5.74, 6) is 1.01. The minimum Gasteiger partial charge on any atom is -0.382 e. The van der Waals surface area contributed by atoms with Crippen molar-refractivity contribution < 1.29 is 4.74 Å². The highest BCUT2D eigenvalue weighted by atomic mass is 16.5. The van der Waals surface area contributed by atoms with Crippen molar-refractivity contribution in [3.63, 3.8) is 0 Å². The molecular weight excluding hydrogens is 212 g/mol. The molecule has 0 aromatic rings. The number of unbranched alkanes of at least 4 members (excludes halogenated alkanes) is 1. The summed E-state index contributed by atoms with van der Waals surface area (Å²) in [6.07, 6.45) is 5.33. The molecule has 17 heavy (non-hydrogen) atoms. The van der Waals surface area contributed by atoms with Gasteiger partial charge in [-0.25, -0.2) is 0 Å². The van der Waals surface area contributed by atoms with Crippen molar-refractivity contribution in [3.8, 4) is 0 Å². The molecule has 0 unspecified atom stereocenters. The second-order valence-corrected chi connectivity index (χ2v) is 4.99. The zero-order valence-corrected chi connectivity index (χ0v) is 11.7. The first kappa shape index (κ1) is 14.9. The number of rotatable bonds is 12. The van der Waals surface area contributed by atoms with Gasteiger partial charge in [-0.3, -0.25) is 0 Å². The van der Waals surface area contributed by atoms with Gasteiger partial charge in [0.1, 0.15) is 0 Å². The van der Waals surface area contributed by atoms with Crippen LogP contribution in [0.3, 0.4) is 0 Å². The van der Waals surface area contributed by atoms with E-state index in [-0.39, 0.29) is 0 Å². The highest BCUT2D eigenvalue weighted by Crippen LogP contribution is 2.29. The van der Waals surface area contributed by atoms with Crippen LogP contribution in [0.4, 0.5) is 0 Å². The Bertz CT molecular complexity index is 172. The molecule has 1 rings (SSSR count). The van der Waals surface area contributed by atoms with E-state index in [4.69, 9.17) is 4.74 Å². The van der Waals surface area contributed by atoms with Crippen LogP contribution in [0, 0.1) is 5.92 Å². The van der Waals surface area contributed by atoms with E-state index < -0.39 is 0 Å². The van der Waals surface area contributed by atoms with E-state index in [9.17, 15) is 0 Å². The summed E-state index contributed by atoms with van der Waals surface area (Å²) < 4.78 is 5.31. The molecule has 0 bridgehead atoms. The highest BCUT2D eigenvalue weighted by Gasteiger charge is 2.23. The van der Waals surface area contributed by atoms with Crippen molar-refractivity contribution in [2.75, 3.05) is 45.9 Å². The molecule has 0 spiro atoms. The Morgan fingerprint density at radius 2 is 2.00 bits per heavy atom. The Hall–Kier alpha value is -0.120. The average molecular weight is 242 g/mol. The maximum Gasteiger partial charge on any atom is 0.0466 e. The third-order valence-electron chi connectivity index (χ3n) is 3.36. The van der Waals surface area contributed by atoms with E-state index in [1.807, 2.05) is 0 Å². The molecule has 0 atom stereocenters. The van der Waals surface area contributed by atoms with Crippen LogP contribution in [0.15, 0.2) is 0 Å². The Labute approximate surface area is 107 Å². The molecule has 1 fully saturated rings. The summed E-state index contributed by atoms with van der Waals surface area (Å²) in [7, 11) is 0. The summed E-state index contributed by atoms with van der Waals surface area (Å²) in [6.45, 7) is 12.1.